The summed E-state index contributed by atoms with van der Waals surface area (Å²) in [4.78, 5) is 12.5. The molecule has 1 fully saturated rings. The number of hydrogen-bond donors (Lipinski definition) is 2. The van der Waals surface area contributed by atoms with Gasteiger partial charge in [0.15, 0.2) is 5.96 Å². The van der Waals surface area contributed by atoms with E-state index in [1.165, 1.54) is 37.1 Å². The molecular formula is C16H30IN5S. The predicted molar refractivity (Wildman–Crippen MR) is 110 cm³/mol. The molecule has 1 unspecified atom stereocenters. The van der Waals surface area contributed by atoms with E-state index in [-0.39, 0.29) is 24.0 Å². The number of aromatic nitrogens is 1. The van der Waals surface area contributed by atoms with Gasteiger partial charge in [-0.25, -0.2) is 4.98 Å². The molecule has 1 aliphatic rings. The molecule has 2 heterocycles. The third-order valence-electron chi connectivity index (χ3n) is 4.21. The number of hydrogen-bond acceptors (Lipinski definition) is 4. The van der Waals surface area contributed by atoms with Gasteiger partial charge in [-0.1, -0.05) is 13.3 Å². The van der Waals surface area contributed by atoms with Crippen molar-refractivity contribution in [1.82, 2.24) is 20.5 Å². The van der Waals surface area contributed by atoms with Gasteiger partial charge in [-0.2, -0.15) is 0 Å². The zero-order chi connectivity index (χ0) is 15.8. The molecule has 5 nitrogen and oxygen atoms in total. The van der Waals surface area contributed by atoms with E-state index < -0.39 is 0 Å². The van der Waals surface area contributed by atoms with Gasteiger partial charge in [0.05, 0.1) is 6.54 Å². The van der Waals surface area contributed by atoms with Crippen LogP contribution in [0.2, 0.25) is 0 Å². The minimum Gasteiger partial charge on any atom is -0.355 e. The molecule has 7 heteroatoms. The Bertz CT molecular complexity index is 477. The summed E-state index contributed by atoms with van der Waals surface area (Å²) < 4.78 is 0. The maximum absolute atomic E-state index is 4.36. The first-order chi connectivity index (χ1) is 10.7. The van der Waals surface area contributed by atoms with Crippen LogP contribution >= 0.6 is 35.3 Å². The van der Waals surface area contributed by atoms with Crippen molar-refractivity contribution in [2.75, 3.05) is 26.7 Å². The number of nitrogens with one attached hydrogen (secondary N) is 2. The monoisotopic (exact) mass is 451 g/mol. The molecule has 2 rings (SSSR count). The van der Waals surface area contributed by atoms with Gasteiger partial charge in [-0.15, -0.1) is 35.3 Å². The van der Waals surface area contributed by atoms with Crippen LogP contribution in [0.15, 0.2) is 11.2 Å². The summed E-state index contributed by atoms with van der Waals surface area (Å²) in [6.45, 7) is 8.39. The third kappa shape index (κ3) is 6.93. The fourth-order valence-electron chi connectivity index (χ4n) is 3.00. The SMILES string of the molecule is CCC1CCCCN1CCNC(=NC)NCc1ncc(C)s1.I. The highest BCUT2D eigenvalue weighted by molar-refractivity contribution is 14.0. The average molecular weight is 451 g/mol. The summed E-state index contributed by atoms with van der Waals surface area (Å²) in [6.07, 6.45) is 7.26. The van der Waals surface area contributed by atoms with Crippen molar-refractivity contribution in [1.29, 1.82) is 0 Å². The Morgan fingerprint density at radius 1 is 1.43 bits per heavy atom. The highest BCUT2D eigenvalue weighted by atomic mass is 127. The van der Waals surface area contributed by atoms with Crippen LogP contribution in [0.25, 0.3) is 0 Å². The second-order valence-electron chi connectivity index (χ2n) is 5.81. The average Bonchev–Trinajstić information content (AvgIpc) is 2.96. The first kappa shape index (κ1) is 20.6. The van der Waals surface area contributed by atoms with Crippen LogP contribution in [0, 0.1) is 6.92 Å². The number of likely N-dealkylation sites (tertiary alicyclic amines) is 1. The molecule has 1 aromatic rings. The molecule has 1 aromatic heterocycles. The van der Waals surface area contributed by atoms with E-state index in [1.807, 2.05) is 13.2 Å². The predicted octanol–water partition coefficient (Wildman–Crippen LogP) is 3.00. The molecule has 0 radical (unpaired) electrons. The lowest BCUT2D eigenvalue weighted by molar-refractivity contribution is 0.147. The summed E-state index contributed by atoms with van der Waals surface area (Å²) in [5, 5.41) is 7.84. The number of halogens is 1. The van der Waals surface area contributed by atoms with Gasteiger partial charge in [0, 0.05) is 37.3 Å². The summed E-state index contributed by atoms with van der Waals surface area (Å²) in [5.41, 5.74) is 0. The number of rotatable bonds is 6. The van der Waals surface area contributed by atoms with Crippen LogP contribution in [0.5, 0.6) is 0 Å². The number of aliphatic imine (C=N–C) groups is 1. The molecule has 0 saturated carbocycles. The van der Waals surface area contributed by atoms with Crippen molar-refractivity contribution < 1.29 is 0 Å². The van der Waals surface area contributed by atoms with E-state index in [9.17, 15) is 0 Å². The number of aryl methyl sites for hydroxylation is 1. The Balaban J connectivity index is 0.00000264. The summed E-state index contributed by atoms with van der Waals surface area (Å²) in [5.74, 6) is 0.859. The largest absolute Gasteiger partial charge is 0.355 e. The van der Waals surface area contributed by atoms with Crippen molar-refractivity contribution in [3.63, 3.8) is 0 Å². The molecule has 0 bridgehead atoms. The van der Waals surface area contributed by atoms with Gasteiger partial charge in [0.25, 0.3) is 0 Å². The van der Waals surface area contributed by atoms with E-state index in [0.29, 0.717) is 0 Å². The summed E-state index contributed by atoms with van der Waals surface area (Å²) in [6, 6.07) is 0.767. The molecule has 1 aliphatic heterocycles. The quantitative estimate of drug-likeness (QED) is 0.397. The van der Waals surface area contributed by atoms with Crippen LogP contribution in [0.4, 0.5) is 0 Å². The van der Waals surface area contributed by atoms with E-state index >= 15 is 0 Å². The standard InChI is InChI=1S/C16H29N5S.HI/c1-4-14-7-5-6-9-21(14)10-8-18-16(17-3)20-12-15-19-11-13(2)22-15;/h11,14H,4-10,12H2,1-3H3,(H2,17,18,20);1H. The lowest BCUT2D eigenvalue weighted by Gasteiger charge is -2.35. The Morgan fingerprint density at radius 2 is 2.26 bits per heavy atom. The smallest absolute Gasteiger partial charge is 0.191 e. The molecule has 0 aromatic carbocycles. The Labute approximate surface area is 161 Å². The van der Waals surface area contributed by atoms with Crippen LogP contribution in [0.1, 0.15) is 42.5 Å². The van der Waals surface area contributed by atoms with E-state index in [2.05, 4.69) is 39.4 Å². The van der Waals surface area contributed by atoms with Gasteiger partial charge in [-0.05, 0) is 32.7 Å². The third-order valence-corrected chi connectivity index (χ3v) is 5.12. The first-order valence-electron chi connectivity index (χ1n) is 8.32. The lowest BCUT2D eigenvalue weighted by atomic mass is 10.0. The van der Waals surface area contributed by atoms with Crippen LogP contribution in [-0.2, 0) is 6.54 Å². The number of thiazole rings is 1. The van der Waals surface area contributed by atoms with Gasteiger partial charge in [0.2, 0.25) is 0 Å². The molecular weight excluding hydrogens is 421 g/mol. The summed E-state index contributed by atoms with van der Waals surface area (Å²) in [7, 11) is 1.82. The molecule has 0 amide bonds. The molecule has 1 saturated heterocycles. The normalized spacial score (nSPS) is 19.3. The van der Waals surface area contributed by atoms with Crippen molar-refractivity contribution >= 4 is 41.3 Å². The zero-order valence-electron chi connectivity index (χ0n) is 14.5. The number of piperidine rings is 1. The molecule has 23 heavy (non-hydrogen) atoms. The fourth-order valence-corrected chi connectivity index (χ4v) is 3.72. The van der Waals surface area contributed by atoms with Crippen molar-refractivity contribution in [3.8, 4) is 0 Å². The number of guanidine groups is 1. The van der Waals surface area contributed by atoms with Crippen LogP contribution in [-0.4, -0.2) is 48.6 Å². The lowest BCUT2D eigenvalue weighted by Crippen LogP contribution is -2.45. The maximum atomic E-state index is 4.36. The Morgan fingerprint density at radius 3 is 2.91 bits per heavy atom. The van der Waals surface area contributed by atoms with E-state index in [4.69, 9.17) is 0 Å². The Hall–Kier alpha value is -0.410. The van der Waals surface area contributed by atoms with Crippen LogP contribution in [0.3, 0.4) is 0 Å². The molecule has 0 aliphatic carbocycles. The maximum Gasteiger partial charge on any atom is 0.191 e. The zero-order valence-corrected chi connectivity index (χ0v) is 17.6. The second kappa shape index (κ2) is 11.2. The molecule has 2 N–H and O–H groups in total. The Kier molecular flexibility index (Phi) is 10.0. The topological polar surface area (TPSA) is 52.5 Å². The number of nitrogens with zero attached hydrogens (tertiary/aromatic N) is 3. The minimum atomic E-state index is 0. The van der Waals surface area contributed by atoms with Crippen LogP contribution < -0.4 is 10.6 Å². The highest BCUT2D eigenvalue weighted by Gasteiger charge is 2.19. The van der Waals surface area contributed by atoms with E-state index in [0.717, 1.165) is 36.6 Å². The van der Waals surface area contributed by atoms with Gasteiger partial charge < -0.3 is 10.6 Å². The van der Waals surface area contributed by atoms with Gasteiger partial charge in [-0.3, -0.25) is 9.89 Å². The minimum absolute atomic E-state index is 0. The van der Waals surface area contributed by atoms with Crippen molar-refractivity contribution in [2.24, 2.45) is 4.99 Å². The second-order valence-corrected chi connectivity index (χ2v) is 7.13. The fraction of sp³-hybridized carbons (Fsp3) is 0.750. The first-order valence-corrected chi connectivity index (χ1v) is 9.14. The van der Waals surface area contributed by atoms with Crippen molar-refractivity contribution in [2.45, 2.75) is 52.1 Å². The van der Waals surface area contributed by atoms with Crippen molar-refractivity contribution in [3.05, 3.63) is 16.1 Å². The molecule has 1 atom stereocenters. The van der Waals surface area contributed by atoms with Gasteiger partial charge >= 0.3 is 0 Å². The highest BCUT2D eigenvalue weighted by Crippen LogP contribution is 2.18. The van der Waals surface area contributed by atoms with E-state index in [1.54, 1.807) is 11.3 Å². The van der Waals surface area contributed by atoms with Gasteiger partial charge in [0.1, 0.15) is 5.01 Å². The molecule has 132 valence electrons. The summed E-state index contributed by atoms with van der Waals surface area (Å²) >= 11 is 1.73. The molecule has 0 spiro atoms.